The number of nitrogens with one attached hydrogen (secondary N) is 2. The first-order chi connectivity index (χ1) is 13.9. The van der Waals surface area contributed by atoms with Gasteiger partial charge in [0.25, 0.3) is 0 Å². The van der Waals surface area contributed by atoms with Crippen molar-refractivity contribution < 1.29 is 9.59 Å². The molecule has 3 rings (SSSR count). The molecule has 2 aromatic carbocycles. The SMILES string of the molecule is Cc1ccc(Cl)cc1NC(=O)CSC1=C(C#N)[C@H](c2cccc(Br)c2)CC(=O)N1. The van der Waals surface area contributed by atoms with E-state index in [1.807, 2.05) is 37.3 Å². The third kappa shape index (κ3) is 5.41. The second kappa shape index (κ2) is 9.49. The molecule has 0 radical (unpaired) electrons. The van der Waals surface area contributed by atoms with E-state index in [0.29, 0.717) is 21.3 Å². The van der Waals surface area contributed by atoms with Crippen molar-refractivity contribution >= 4 is 56.8 Å². The topological polar surface area (TPSA) is 82.0 Å². The van der Waals surface area contributed by atoms with E-state index in [9.17, 15) is 14.9 Å². The Balaban J connectivity index is 1.77. The summed E-state index contributed by atoms with van der Waals surface area (Å²) in [6.45, 7) is 1.87. The zero-order valence-corrected chi connectivity index (χ0v) is 18.6. The lowest BCUT2D eigenvalue weighted by Gasteiger charge is -2.25. The van der Waals surface area contributed by atoms with Crippen molar-refractivity contribution in [2.24, 2.45) is 0 Å². The fraction of sp³-hybridized carbons (Fsp3) is 0.190. The van der Waals surface area contributed by atoms with E-state index in [1.54, 1.807) is 12.1 Å². The highest BCUT2D eigenvalue weighted by molar-refractivity contribution is 9.10. The molecule has 2 amide bonds. The maximum atomic E-state index is 12.4. The lowest BCUT2D eigenvalue weighted by molar-refractivity contribution is -0.121. The van der Waals surface area contributed by atoms with E-state index in [1.165, 1.54) is 0 Å². The Kier molecular flexibility index (Phi) is 7.01. The Labute approximate surface area is 186 Å². The van der Waals surface area contributed by atoms with Crippen LogP contribution in [0.5, 0.6) is 0 Å². The maximum Gasteiger partial charge on any atom is 0.234 e. The molecule has 0 aliphatic carbocycles. The minimum atomic E-state index is -0.341. The van der Waals surface area contributed by atoms with Crippen LogP contribution in [-0.2, 0) is 9.59 Å². The van der Waals surface area contributed by atoms with E-state index in [2.05, 4.69) is 32.6 Å². The number of carbonyl (C=O) groups is 2. The van der Waals surface area contributed by atoms with Crippen LogP contribution in [0.3, 0.4) is 0 Å². The normalized spacial score (nSPS) is 16.2. The average Bonchev–Trinajstić information content (AvgIpc) is 2.68. The molecule has 1 aliphatic rings. The van der Waals surface area contributed by atoms with Gasteiger partial charge in [0, 0.05) is 27.5 Å². The Morgan fingerprint density at radius 3 is 2.90 bits per heavy atom. The van der Waals surface area contributed by atoms with Gasteiger partial charge in [0.05, 0.1) is 22.4 Å². The monoisotopic (exact) mass is 489 g/mol. The Morgan fingerprint density at radius 1 is 1.38 bits per heavy atom. The van der Waals surface area contributed by atoms with Gasteiger partial charge in [-0.15, -0.1) is 0 Å². The summed E-state index contributed by atoms with van der Waals surface area (Å²) in [6, 6.07) is 15.0. The van der Waals surface area contributed by atoms with E-state index in [0.717, 1.165) is 27.4 Å². The number of amides is 2. The number of allylic oxidation sites excluding steroid dienone is 1. The first kappa shape index (κ1) is 21.4. The second-order valence-electron chi connectivity index (χ2n) is 6.51. The lowest BCUT2D eigenvalue weighted by Crippen LogP contribution is -2.31. The highest BCUT2D eigenvalue weighted by atomic mass is 79.9. The van der Waals surface area contributed by atoms with Crippen molar-refractivity contribution in [2.45, 2.75) is 19.3 Å². The molecular weight excluding hydrogens is 474 g/mol. The molecule has 0 bridgehead atoms. The van der Waals surface area contributed by atoms with Gasteiger partial charge < -0.3 is 10.6 Å². The minimum absolute atomic E-state index is 0.0535. The largest absolute Gasteiger partial charge is 0.325 e. The van der Waals surface area contributed by atoms with Crippen LogP contribution >= 0.6 is 39.3 Å². The van der Waals surface area contributed by atoms with Crippen molar-refractivity contribution in [1.82, 2.24) is 5.32 Å². The molecule has 5 nitrogen and oxygen atoms in total. The summed E-state index contributed by atoms with van der Waals surface area (Å²) >= 11 is 10.6. The van der Waals surface area contributed by atoms with Crippen LogP contribution in [0, 0.1) is 18.3 Å². The summed E-state index contributed by atoms with van der Waals surface area (Å²) in [5.41, 5.74) is 2.87. The summed E-state index contributed by atoms with van der Waals surface area (Å²) in [5.74, 6) is -0.712. The molecule has 0 spiro atoms. The van der Waals surface area contributed by atoms with Crippen molar-refractivity contribution in [3.05, 3.63) is 73.7 Å². The van der Waals surface area contributed by atoms with Crippen LogP contribution in [0.15, 0.2) is 57.5 Å². The molecule has 0 unspecified atom stereocenters. The van der Waals surface area contributed by atoms with Crippen LogP contribution in [0.4, 0.5) is 5.69 Å². The molecule has 0 saturated heterocycles. The number of nitriles is 1. The Hall–Kier alpha value is -2.27. The Morgan fingerprint density at radius 2 is 2.17 bits per heavy atom. The predicted molar refractivity (Wildman–Crippen MR) is 120 cm³/mol. The Bertz CT molecular complexity index is 1050. The molecule has 1 aliphatic heterocycles. The van der Waals surface area contributed by atoms with Crippen LogP contribution in [0.25, 0.3) is 0 Å². The van der Waals surface area contributed by atoms with Crippen molar-refractivity contribution in [1.29, 1.82) is 5.26 Å². The summed E-state index contributed by atoms with van der Waals surface area (Å²) in [7, 11) is 0. The van der Waals surface area contributed by atoms with E-state index < -0.39 is 0 Å². The summed E-state index contributed by atoms with van der Waals surface area (Å²) in [5, 5.41) is 16.2. The first-order valence-electron chi connectivity index (χ1n) is 8.75. The zero-order chi connectivity index (χ0) is 21.0. The van der Waals surface area contributed by atoms with Crippen LogP contribution in [0.1, 0.15) is 23.5 Å². The highest BCUT2D eigenvalue weighted by Gasteiger charge is 2.30. The van der Waals surface area contributed by atoms with Gasteiger partial charge in [-0.2, -0.15) is 5.26 Å². The van der Waals surface area contributed by atoms with Crippen molar-refractivity contribution in [3.63, 3.8) is 0 Å². The number of benzene rings is 2. The van der Waals surface area contributed by atoms with E-state index in [-0.39, 0.29) is 29.9 Å². The standard InChI is InChI=1S/C21H17BrClN3O2S/c1-12-5-6-15(23)8-18(12)25-20(28)11-29-21-17(10-24)16(9-19(27)26-21)13-3-2-4-14(22)7-13/h2-8,16H,9,11H2,1H3,(H,25,28)(H,26,27)/t16-/m0/s1. The average molecular weight is 491 g/mol. The smallest absolute Gasteiger partial charge is 0.234 e. The van der Waals surface area contributed by atoms with E-state index >= 15 is 0 Å². The van der Waals surface area contributed by atoms with Crippen LogP contribution in [-0.4, -0.2) is 17.6 Å². The fourth-order valence-corrected chi connectivity index (χ4v) is 4.46. The molecule has 8 heteroatoms. The molecule has 1 atom stereocenters. The third-order valence-electron chi connectivity index (χ3n) is 4.43. The quantitative estimate of drug-likeness (QED) is 0.609. The predicted octanol–water partition coefficient (Wildman–Crippen LogP) is 5.12. The molecule has 29 heavy (non-hydrogen) atoms. The third-order valence-corrected chi connectivity index (χ3v) is 6.17. The fourth-order valence-electron chi connectivity index (χ4n) is 2.99. The number of rotatable bonds is 5. The number of aryl methyl sites for hydroxylation is 1. The number of carbonyl (C=O) groups excluding carboxylic acids is 2. The molecular formula is C21H17BrClN3O2S. The van der Waals surface area contributed by atoms with Crippen molar-refractivity contribution in [3.8, 4) is 6.07 Å². The molecule has 0 saturated carbocycles. The molecule has 0 aromatic heterocycles. The van der Waals surface area contributed by atoms with Gasteiger partial charge >= 0.3 is 0 Å². The number of hydrogen-bond acceptors (Lipinski definition) is 4. The van der Waals surface area contributed by atoms with Gasteiger partial charge in [0.1, 0.15) is 0 Å². The molecule has 2 aromatic rings. The van der Waals surface area contributed by atoms with Gasteiger partial charge in [0.15, 0.2) is 0 Å². The van der Waals surface area contributed by atoms with E-state index in [4.69, 9.17) is 11.6 Å². The molecule has 0 fully saturated rings. The maximum absolute atomic E-state index is 12.4. The van der Waals surface area contributed by atoms with Gasteiger partial charge in [0.2, 0.25) is 11.8 Å². The molecule has 1 heterocycles. The lowest BCUT2D eigenvalue weighted by atomic mass is 9.87. The highest BCUT2D eigenvalue weighted by Crippen LogP contribution is 2.36. The van der Waals surface area contributed by atoms with Gasteiger partial charge in [-0.05, 0) is 42.3 Å². The summed E-state index contributed by atoms with van der Waals surface area (Å²) < 4.78 is 0.878. The number of hydrogen-bond donors (Lipinski definition) is 2. The van der Waals surface area contributed by atoms with Gasteiger partial charge in [-0.1, -0.05) is 57.5 Å². The molecule has 148 valence electrons. The number of thioether (sulfide) groups is 1. The summed E-state index contributed by atoms with van der Waals surface area (Å²) in [4.78, 5) is 24.6. The minimum Gasteiger partial charge on any atom is -0.325 e. The van der Waals surface area contributed by atoms with Crippen molar-refractivity contribution in [2.75, 3.05) is 11.1 Å². The number of nitrogens with zero attached hydrogens (tertiary/aromatic N) is 1. The second-order valence-corrected chi connectivity index (χ2v) is 8.85. The number of anilines is 1. The first-order valence-corrected chi connectivity index (χ1v) is 10.9. The van der Waals surface area contributed by atoms with Crippen LogP contribution in [0.2, 0.25) is 5.02 Å². The van der Waals surface area contributed by atoms with Gasteiger partial charge in [-0.3, -0.25) is 9.59 Å². The van der Waals surface area contributed by atoms with Crippen LogP contribution < -0.4 is 10.6 Å². The molecule has 2 N–H and O–H groups in total. The zero-order valence-electron chi connectivity index (χ0n) is 15.5. The summed E-state index contributed by atoms with van der Waals surface area (Å²) in [6.07, 6.45) is 0.192. The van der Waals surface area contributed by atoms with Gasteiger partial charge in [-0.25, -0.2) is 0 Å². The number of halogens is 2.